The smallest absolute Gasteiger partial charge is 0.422 e. The lowest BCUT2D eigenvalue weighted by Crippen LogP contribution is -2.28. The van der Waals surface area contributed by atoms with Crippen LogP contribution in [0.15, 0.2) is 18.2 Å². The summed E-state index contributed by atoms with van der Waals surface area (Å²) in [4.78, 5) is 11.8. The number of carbonyl (C=O) groups excluding carboxylic acids is 1. The maximum atomic E-state index is 12.1. The van der Waals surface area contributed by atoms with Gasteiger partial charge in [-0.25, -0.2) is 0 Å². The molecule has 4 nitrogen and oxygen atoms in total. The summed E-state index contributed by atoms with van der Waals surface area (Å²) < 4.78 is 40.9. The molecule has 1 aliphatic rings. The van der Waals surface area contributed by atoms with Gasteiger partial charge in [0, 0.05) is 11.6 Å². The zero-order valence-electron chi connectivity index (χ0n) is 11.0. The molecule has 1 saturated carbocycles. The summed E-state index contributed by atoms with van der Waals surface area (Å²) in [5.41, 5.74) is 0.327. The Bertz CT molecular complexity index is 575. The Morgan fingerprint density at radius 3 is 2.67 bits per heavy atom. The van der Waals surface area contributed by atoms with Gasteiger partial charge < -0.3 is 10.1 Å². The summed E-state index contributed by atoms with van der Waals surface area (Å²) in [6, 6.07) is 5.74. The highest BCUT2D eigenvalue weighted by Gasteiger charge is 2.29. The first-order valence-electron chi connectivity index (χ1n) is 6.43. The van der Waals surface area contributed by atoms with E-state index >= 15 is 0 Å². The molecular weight excluding hydrogens is 285 g/mol. The van der Waals surface area contributed by atoms with Crippen LogP contribution in [0.25, 0.3) is 0 Å². The Labute approximate surface area is 119 Å². The maximum Gasteiger partial charge on any atom is 0.422 e. The minimum absolute atomic E-state index is 0.0170. The monoisotopic (exact) mass is 298 g/mol. The fourth-order valence-corrected chi connectivity index (χ4v) is 1.90. The largest absolute Gasteiger partial charge is 0.483 e. The van der Waals surface area contributed by atoms with Crippen molar-refractivity contribution in [2.75, 3.05) is 11.9 Å². The van der Waals surface area contributed by atoms with Crippen molar-refractivity contribution in [1.29, 1.82) is 5.26 Å². The molecule has 0 heterocycles. The number of nitrogens with zero attached hydrogens (tertiary/aromatic N) is 1. The highest BCUT2D eigenvalue weighted by Crippen LogP contribution is 2.29. The molecule has 0 aromatic heterocycles. The van der Waals surface area contributed by atoms with Crippen LogP contribution in [0, 0.1) is 17.2 Å². The van der Waals surface area contributed by atoms with Crippen molar-refractivity contribution in [2.24, 2.45) is 5.92 Å². The Balaban J connectivity index is 2.05. The first-order chi connectivity index (χ1) is 9.89. The molecule has 2 rings (SSSR count). The molecule has 1 N–H and O–H groups in total. The fraction of sp³-hybridized carbons (Fsp3) is 0.429. The summed E-state index contributed by atoms with van der Waals surface area (Å²) in [6.45, 7) is -1.46. The van der Waals surface area contributed by atoms with Crippen LogP contribution in [-0.4, -0.2) is 18.7 Å². The Kier molecular flexibility index (Phi) is 4.36. The molecule has 1 aromatic carbocycles. The number of hydrogen-bond donors (Lipinski definition) is 1. The fourth-order valence-electron chi connectivity index (χ4n) is 1.90. The van der Waals surface area contributed by atoms with E-state index in [0.717, 1.165) is 19.3 Å². The average Bonchev–Trinajstić information content (AvgIpc) is 2.33. The number of ether oxygens (including phenoxy) is 1. The van der Waals surface area contributed by atoms with Crippen molar-refractivity contribution in [1.82, 2.24) is 0 Å². The van der Waals surface area contributed by atoms with Gasteiger partial charge in [0.25, 0.3) is 0 Å². The number of nitrogens with one attached hydrogen (secondary N) is 1. The number of carbonyl (C=O) groups is 1. The summed E-state index contributed by atoms with van der Waals surface area (Å²) in [7, 11) is 0. The molecule has 21 heavy (non-hydrogen) atoms. The van der Waals surface area contributed by atoms with Gasteiger partial charge in [0.2, 0.25) is 5.91 Å². The maximum absolute atomic E-state index is 12.1. The van der Waals surface area contributed by atoms with E-state index in [1.807, 2.05) is 0 Å². The van der Waals surface area contributed by atoms with Crippen LogP contribution in [0.5, 0.6) is 5.75 Å². The van der Waals surface area contributed by atoms with Crippen molar-refractivity contribution in [3.05, 3.63) is 23.8 Å². The lowest BCUT2D eigenvalue weighted by molar-refractivity contribution is -0.153. The van der Waals surface area contributed by atoms with Gasteiger partial charge in [-0.05, 0) is 31.0 Å². The molecule has 1 amide bonds. The quantitative estimate of drug-likeness (QED) is 0.928. The van der Waals surface area contributed by atoms with Gasteiger partial charge in [0.1, 0.15) is 11.8 Å². The summed E-state index contributed by atoms with van der Waals surface area (Å²) in [5.74, 6) is -0.303. The van der Waals surface area contributed by atoms with E-state index in [0.29, 0.717) is 5.69 Å². The molecule has 1 fully saturated rings. The van der Waals surface area contributed by atoms with E-state index in [2.05, 4.69) is 10.1 Å². The Morgan fingerprint density at radius 2 is 2.14 bits per heavy atom. The number of alkyl halides is 3. The predicted molar refractivity (Wildman–Crippen MR) is 68.7 cm³/mol. The van der Waals surface area contributed by atoms with Crippen LogP contribution >= 0.6 is 0 Å². The summed E-state index contributed by atoms with van der Waals surface area (Å²) in [6.07, 6.45) is -1.77. The topological polar surface area (TPSA) is 62.1 Å². The second-order valence-corrected chi connectivity index (χ2v) is 4.84. The minimum Gasteiger partial charge on any atom is -0.483 e. The number of hydrogen-bond acceptors (Lipinski definition) is 3. The second kappa shape index (κ2) is 6.04. The van der Waals surface area contributed by atoms with Crippen LogP contribution < -0.4 is 10.1 Å². The van der Waals surface area contributed by atoms with Gasteiger partial charge in [-0.2, -0.15) is 18.4 Å². The number of nitriles is 1. The molecule has 0 aliphatic heterocycles. The zero-order valence-corrected chi connectivity index (χ0v) is 11.0. The summed E-state index contributed by atoms with van der Waals surface area (Å²) in [5, 5.41) is 11.6. The molecule has 0 atom stereocenters. The van der Waals surface area contributed by atoms with Crippen molar-refractivity contribution in [3.8, 4) is 11.8 Å². The lowest BCUT2D eigenvalue weighted by Gasteiger charge is -2.24. The van der Waals surface area contributed by atoms with Crippen LogP contribution in [0.1, 0.15) is 24.8 Å². The molecule has 1 aromatic rings. The lowest BCUT2D eigenvalue weighted by atomic mass is 9.85. The molecule has 0 radical (unpaired) electrons. The van der Waals surface area contributed by atoms with Crippen molar-refractivity contribution in [3.63, 3.8) is 0 Å². The third-order valence-corrected chi connectivity index (χ3v) is 3.23. The van der Waals surface area contributed by atoms with Gasteiger partial charge in [-0.1, -0.05) is 6.42 Å². The van der Waals surface area contributed by atoms with Crippen LogP contribution in [0.4, 0.5) is 18.9 Å². The molecule has 112 valence electrons. The number of amides is 1. The Morgan fingerprint density at radius 1 is 1.43 bits per heavy atom. The van der Waals surface area contributed by atoms with Gasteiger partial charge in [-0.3, -0.25) is 4.79 Å². The molecule has 7 heteroatoms. The van der Waals surface area contributed by atoms with Crippen molar-refractivity contribution >= 4 is 11.6 Å². The minimum atomic E-state index is -4.47. The Hall–Kier alpha value is -2.23. The highest BCUT2D eigenvalue weighted by atomic mass is 19.4. The van der Waals surface area contributed by atoms with Gasteiger partial charge >= 0.3 is 6.18 Å². The molecule has 0 unspecified atom stereocenters. The van der Waals surface area contributed by atoms with E-state index in [9.17, 15) is 18.0 Å². The van der Waals surface area contributed by atoms with Crippen molar-refractivity contribution < 1.29 is 22.7 Å². The molecule has 1 aliphatic carbocycles. The highest BCUT2D eigenvalue weighted by molar-refractivity contribution is 5.93. The first-order valence-corrected chi connectivity index (χ1v) is 6.43. The SMILES string of the molecule is N#Cc1cc(NC(=O)C2CCC2)ccc1OCC(F)(F)F. The van der Waals surface area contributed by atoms with E-state index < -0.39 is 12.8 Å². The number of benzene rings is 1. The molecule has 0 spiro atoms. The number of rotatable bonds is 4. The van der Waals surface area contributed by atoms with E-state index in [-0.39, 0.29) is 23.1 Å². The molecule has 0 bridgehead atoms. The predicted octanol–water partition coefficient (Wildman–Crippen LogP) is 3.24. The van der Waals surface area contributed by atoms with E-state index in [4.69, 9.17) is 5.26 Å². The average molecular weight is 298 g/mol. The van der Waals surface area contributed by atoms with Crippen molar-refractivity contribution in [2.45, 2.75) is 25.4 Å². The molecule has 0 saturated heterocycles. The standard InChI is InChI=1S/C14H13F3N2O2/c15-14(16,17)8-21-12-5-4-11(6-10(12)7-18)19-13(20)9-2-1-3-9/h4-6,9H,1-3,8H2,(H,19,20). The first kappa shape index (κ1) is 15.2. The van der Waals surface area contributed by atoms with Gasteiger partial charge in [-0.15, -0.1) is 0 Å². The second-order valence-electron chi connectivity index (χ2n) is 4.84. The molecular formula is C14H13F3N2O2. The number of anilines is 1. The van der Waals surface area contributed by atoms with Crippen LogP contribution in [0.3, 0.4) is 0 Å². The van der Waals surface area contributed by atoms with Crippen LogP contribution in [0.2, 0.25) is 0 Å². The van der Waals surface area contributed by atoms with Gasteiger partial charge in [0.05, 0.1) is 5.56 Å². The number of halogens is 3. The third-order valence-electron chi connectivity index (χ3n) is 3.23. The van der Waals surface area contributed by atoms with Crippen LogP contribution in [-0.2, 0) is 4.79 Å². The normalized spacial score (nSPS) is 15.0. The summed E-state index contributed by atoms with van der Waals surface area (Å²) >= 11 is 0. The van der Waals surface area contributed by atoms with Gasteiger partial charge in [0.15, 0.2) is 6.61 Å². The van der Waals surface area contributed by atoms with E-state index in [1.165, 1.54) is 18.2 Å². The van der Waals surface area contributed by atoms with E-state index in [1.54, 1.807) is 6.07 Å². The third kappa shape index (κ3) is 4.12. The zero-order chi connectivity index (χ0) is 15.5.